The molecule has 1 amide bonds. The normalized spacial score (nSPS) is 19.5. The van der Waals surface area contributed by atoms with E-state index in [1.807, 2.05) is 29.2 Å². The van der Waals surface area contributed by atoms with Gasteiger partial charge in [0.2, 0.25) is 5.88 Å². The number of pyridine rings is 1. The van der Waals surface area contributed by atoms with Gasteiger partial charge in [-0.1, -0.05) is 0 Å². The van der Waals surface area contributed by atoms with E-state index in [9.17, 15) is 4.79 Å². The number of nitriles is 1. The van der Waals surface area contributed by atoms with Crippen LogP contribution in [0.25, 0.3) is 0 Å². The predicted molar refractivity (Wildman–Crippen MR) is 108 cm³/mol. The van der Waals surface area contributed by atoms with Gasteiger partial charge in [-0.3, -0.25) is 4.79 Å². The van der Waals surface area contributed by atoms with Crippen LogP contribution in [-0.4, -0.2) is 61.3 Å². The summed E-state index contributed by atoms with van der Waals surface area (Å²) >= 11 is 0. The van der Waals surface area contributed by atoms with Crippen LogP contribution in [0.5, 0.6) is 5.88 Å². The van der Waals surface area contributed by atoms with Crippen LogP contribution in [0, 0.1) is 11.3 Å². The van der Waals surface area contributed by atoms with Gasteiger partial charge in [-0.2, -0.15) is 5.26 Å². The summed E-state index contributed by atoms with van der Waals surface area (Å²) in [5.74, 6) is 0.448. The maximum atomic E-state index is 13.0. The molecule has 1 aromatic carbocycles. The van der Waals surface area contributed by atoms with E-state index in [2.05, 4.69) is 16.0 Å². The van der Waals surface area contributed by atoms with Crippen molar-refractivity contribution in [1.29, 1.82) is 5.26 Å². The molecule has 0 bridgehead atoms. The van der Waals surface area contributed by atoms with Gasteiger partial charge in [0.25, 0.3) is 5.91 Å². The molecule has 1 aromatic heterocycles. The Bertz CT molecular complexity index is 888. The summed E-state index contributed by atoms with van der Waals surface area (Å²) in [6.45, 7) is 4.46. The zero-order valence-electron chi connectivity index (χ0n) is 16.3. The van der Waals surface area contributed by atoms with E-state index < -0.39 is 0 Å². The van der Waals surface area contributed by atoms with Crippen molar-refractivity contribution >= 4 is 11.6 Å². The quantitative estimate of drug-likeness (QED) is 0.795. The van der Waals surface area contributed by atoms with Gasteiger partial charge in [0, 0.05) is 43.1 Å². The summed E-state index contributed by atoms with van der Waals surface area (Å²) in [6.07, 6.45) is 3.18. The summed E-state index contributed by atoms with van der Waals surface area (Å²) in [5.41, 5.74) is 2.32. The number of amides is 1. The molecule has 3 heterocycles. The molecular weight excluding hydrogens is 368 g/mol. The lowest BCUT2D eigenvalue weighted by Crippen LogP contribution is -2.44. The Balaban J connectivity index is 1.38. The van der Waals surface area contributed by atoms with Crippen LogP contribution in [0.1, 0.15) is 28.8 Å². The molecule has 0 radical (unpaired) electrons. The standard InChI is InChI=1S/C22H24N4O3/c23-15-17-7-8-24-21(14-17)29-20-2-1-9-26(16-20)22(27)18-3-5-19(6-4-18)25-10-12-28-13-11-25/h3-8,14,20H,1-2,9-13,16H2/t20-/m1/s1. The number of hydrogen-bond donors (Lipinski definition) is 0. The van der Waals surface area contributed by atoms with Crippen LogP contribution in [0.4, 0.5) is 5.69 Å². The third-order valence-corrected chi connectivity index (χ3v) is 5.31. The van der Waals surface area contributed by atoms with Crippen LogP contribution >= 0.6 is 0 Å². The second-order valence-electron chi connectivity index (χ2n) is 7.27. The number of ether oxygens (including phenoxy) is 2. The van der Waals surface area contributed by atoms with E-state index in [-0.39, 0.29) is 12.0 Å². The van der Waals surface area contributed by atoms with Crippen molar-refractivity contribution in [3.8, 4) is 11.9 Å². The van der Waals surface area contributed by atoms with E-state index >= 15 is 0 Å². The third kappa shape index (κ3) is 4.66. The monoisotopic (exact) mass is 392 g/mol. The highest BCUT2D eigenvalue weighted by Crippen LogP contribution is 2.21. The molecule has 150 valence electrons. The Hall–Kier alpha value is -3.11. The fourth-order valence-electron chi connectivity index (χ4n) is 3.75. The SMILES string of the molecule is N#Cc1ccnc(O[C@@H]2CCCN(C(=O)c3ccc(N4CCOCC4)cc3)C2)c1. The van der Waals surface area contributed by atoms with Gasteiger partial charge in [0.1, 0.15) is 6.10 Å². The van der Waals surface area contributed by atoms with Gasteiger partial charge >= 0.3 is 0 Å². The minimum atomic E-state index is -0.123. The smallest absolute Gasteiger partial charge is 0.253 e. The fourth-order valence-corrected chi connectivity index (χ4v) is 3.75. The molecule has 2 aliphatic heterocycles. The minimum absolute atomic E-state index is 0.0190. The Kier molecular flexibility index (Phi) is 5.92. The largest absolute Gasteiger partial charge is 0.472 e. The number of hydrogen-bond acceptors (Lipinski definition) is 6. The van der Waals surface area contributed by atoms with E-state index in [1.54, 1.807) is 18.3 Å². The van der Waals surface area contributed by atoms with Crippen LogP contribution in [0.3, 0.4) is 0 Å². The Morgan fingerprint density at radius 1 is 1.17 bits per heavy atom. The van der Waals surface area contributed by atoms with Crippen molar-refractivity contribution in [2.45, 2.75) is 18.9 Å². The second kappa shape index (κ2) is 8.93. The summed E-state index contributed by atoms with van der Waals surface area (Å²) in [7, 11) is 0. The number of rotatable bonds is 4. The van der Waals surface area contributed by atoms with Crippen LogP contribution in [0.15, 0.2) is 42.6 Å². The average Bonchev–Trinajstić information content (AvgIpc) is 2.79. The first kappa shape index (κ1) is 19.2. The number of nitrogens with zero attached hydrogens (tertiary/aromatic N) is 4. The molecule has 2 saturated heterocycles. The zero-order valence-corrected chi connectivity index (χ0v) is 16.3. The highest BCUT2D eigenvalue weighted by Gasteiger charge is 2.26. The Morgan fingerprint density at radius 3 is 2.72 bits per heavy atom. The van der Waals surface area contributed by atoms with Gasteiger partial charge in [-0.05, 0) is 43.2 Å². The number of anilines is 1. The van der Waals surface area contributed by atoms with E-state index in [4.69, 9.17) is 14.7 Å². The maximum absolute atomic E-state index is 13.0. The molecule has 0 aliphatic carbocycles. The van der Waals surface area contributed by atoms with Gasteiger partial charge in [0.15, 0.2) is 0 Å². The molecule has 1 atom stereocenters. The van der Waals surface area contributed by atoms with Crippen LogP contribution in [0.2, 0.25) is 0 Å². The first-order valence-electron chi connectivity index (χ1n) is 9.98. The molecule has 4 rings (SSSR count). The lowest BCUT2D eigenvalue weighted by atomic mass is 10.1. The molecule has 0 spiro atoms. The van der Waals surface area contributed by atoms with Gasteiger partial charge in [-0.25, -0.2) is 4.98 Å². The average molecular weight is 392 g/mol. The minimum Gasteiger partial charge on any atom is -0.472 e. The number of morpholine rings is 1. The van der Waals surface area contributed by atoms with Crippen molar-refractivity contribution < 1.29 is 14.3 Å². The molecule has 7 nitrogen and oxygen atoms in total. The molecule has 2 fully saturated rings. The topological polar surface area (TPSA) is 78.7 Å². The van der Waals surface area contributed by atoms with Gasteiger partial charge in [0.05, 0.1) is 31.4 Å². The van der Waals surface area contributed by atoms with Crippen molar-refractivity contribution in [1.82, 2.24) is 9.88 Å². The third-order valence-electron chi connectivity index (χ3n) is 5.31. The highest BCUT2D eigenvalue weighted by molar-refractivity contribution is 5.94. The van der Waals surface area contributed by atoms with Crippen molar-refractivity contribution in [2.75, 3.05) is 44.3 Å². The van der Waals surface area contributed by atoms with Crippen molar-refractivity contribution in [3.05, 3.63) is 53.7 Å². The molecule has 0 unspecified atom stereocenters. The van der Waals surface area contributed by atoms with Crippen LogP contribution in [-0.2, 0) is 4.74 Å². The number of likely N-dealkylation sites (tertiary alicyclic amines) is 1. The van der Waals surface area contributed by atoms with Gasteiger partial charge < -0.3 is 19.3 Å². The Morgan fingerprint density at radius 2 is 1.97 bits per heavy atom. The molecule has 0 N–H and O–H groups in total. The first-order valence-corrected chi connectivity index (χ1v) is 9.98. The lowest BCUT2D eigenvalue weighted by Gasteiger charge is -2.33. The molecule has 29 heavy (non-hydrogen) atoms. The van der Waals surface area contributed by atoms with E-state index in [1.165, 1.54) is 0 Å². The van der Waals surface area contributed by atoms with Crippen LogP contribution < -0.4 is 9.64 Å². The van der Waals surface area contributed by atoms with E-state index in [0.29, 0.717) is 23.6 Å². The number of aromatic nitrogens is 1. The summed E-state index contributed by atoms with van der Waals surface area (Å²) in [5, 5.41) is 9.02. The maximum Gasteiger partial charge on any atom is 0.253 e. The molecule has 0 saturated carbocycles. The lowest BCUT2D eigenvalue weighted by molar-refractivity contribution is 0.0527. The first-order chi connectivity index (χ1) is 14.2. The fraction of sp³-hybridized carbons (Fsp3) is 0.409. The van der Waals surface area contributed by atoms with E-state index in [0.717, 1.165) is 51.4 Å². The molecule has 7 heteroatoms. The Labute approximate surface area is 170 Å². The molecular formula is C22H24N4O3. The van der Waals surface area contributed by atoms with Crippen molar-refractivity contribution in [3.63, 3.8) is 0 Å². The van der Waals surface area contributed by atoms with Crippen molar-refractivity contribution in [2.24, 2.45) is 0 Å². The summed E-state index contributed by atoms with van der Waals surface area (Å²) in [6, 6.07) is 13.2. The second-order valence-corrected chi connectivity index (χ2v) is 7.27. The number of benzene rings is 1. The zero-order chi connectivity index (χ0) is 20.1. The highest BCUT2D eigenvalue weighted by atomic mass is 16.5. The molecule has 2 aromatic rings. The predicted octanol–water partition coefficient (Wildman–Crippen LogP) is 2.47. The number of carbonyl (C=O) groups is 1. The summed E-state index contributed by atoms with van der Waals surface area (Å²) in [4.78, 5) is 21.2. The molecule has 2 aliphatic rings. The number of carbonyl (C=O) groups excluding carboxylic acids is 1. The van der Waals surface area contributed by atoms with Gasteiger partial charge in [-0.15, -0.1) is 0 Å². The number of piperidine rings is 1. The summed E-state index contributed by atoms with van der Waals surface area (Å²) < 4.78 is 11.3.